The predicted molar refractivity (Wildman–Crippen MR) is 58.0 cm³/mol. The van der Waals surface area contributed by atoms with Gasteiger partial charge in [0.25, 0.3) is 5.91 Å². The Morgan fingerprint density at radius 2 is 2.44 bits per heavy atom. The highest BCUT2D eigenvalue weighted by molar-refractivity contribution is 5.92. The van der Waals surface area contributed by atoms with Crippen LogP contribution in [0.1, 0.15) is 10.5 Å². The molecule has 2 N–H and O–H groups in total. The first-order valence-corrected chi connectivity index (χ1v) is 5.25. The van der Waals surface area contributed by atoms with Crippen LogP contribution in [0, 0.1) is 0 Å². The Kier molecular flexibility index (Phi) is 2.93. The lowest BCUT2D eigenvalue weighted by molar-refractivity contribution is 0.0571. The van der Waals surface area contributed by atoms with E-state index in [0.717, 1.165) is 0 Å². The van der Waals surface area contributed by atoms with Gasteiger partial charge in [-0.2, -0.15) is 5.10 Å². The molecule has 2 atom stereocenters. The van der Waals surface area contributed by atoms with Crippen LogP contribution in [0.2, 0.25) is 0 Å². The second kappa shape index (κ2) is 4.23. The van der Waals surface area contributed by atoms with E-state index < -0.39 is 6.10 Å². The zero-order valence-electron chi connectivity index (χ0n) is 9.42. The normalized spacial score (nSPS) is 24.7. The molecule has 1 aromatic heterocycles. The Morgan fingerprint density at radius 1 is 1.69 bits per heavy atom. The van der Waals surface area contributed by atoms with Gasteiger partial charge in [-0.1, -0.05) is 0 Å². The van der Waals surface area contributed by atoms with Gasteiger partial charge in [-0.25, -0.2) is 0 Å². The summed E-state index contributed by atoms with van der Waals surface area (Å²) in [6, 6.07) is 1.51. The van der Waals surface area contributed by atoms with Crippen LogP contribution in [0.3, 0.4) is 0 Å². The second-order valence-electron chi connectivity index (χ2n) is 4.05. The molecule has 16 heavy (non-hydrogen) atoms. The molecular weight excluding hydrogens is 208 g/mol. The first kappa shape index (κ1) is 11.1. The summed E-state index contributed by atoms with van der Waals surface area (Å²) in [5.74, 6) is -0.118. The van der Waals surface area contributed by atoms with E-state index in [2.05, 4.69) is 10.4 Å². The Hall–Kier alpha value is -1.40. The van der Waals surface area contributed by atoms with Gasteiger partial charge in [-0.3, -0.25) is 9.48 Å². The minimum absolute atomic E-state index is 0.118. The highest BCUT2D eigenvalue weighted by Crippen LogP contribution is 2.11. The molecular formula is C10H16N4O2. The molecule has 1 aliphatic heterocycles. The highest BCUT2D eigenvalue weighted by atomic mass is 16.3. The number of carbonyl (C=O) groups excluding carboxylic acids is 1. The zero-order chi connectivity index (χ0) is 11.7. The summed E-state index contributed by atoms with van der Waals surface area (Å²) in [6.45, 7) is 1.16. The van der Waals surface area contributed by atoms with Gasteiger partial charge >= 0.3 is 0 Å². The van der Waals surface area contributed by atoms with E-state index in [1.165, 1.54) is 4.68 Å². The molecule has 1 aliphatic rings. The third-order valence-corrected chi connectivity index (χ3v) is 3.01. The maximum atomic E-state index is 12.1. The lowest BCUT2D eigenvalue weighted by atomic mass is 10.2. The number of hydrogen-bond acceptors (Lipinski definition) is 4. The van der Waals surface area contributed by atoms with Gasteiger partial charge < -0.3 is 15.3 Å². The Labute approximate surface area is 93.9 Å². The number of nitrogens with one attached hydrogen (secondary N) is 1. The fraction of sp³-hybridized carbons (Fsp3) is 0.600. The van der Waals surface area contributed by atoms with Gasteiger partial charge in [0.2, 0.25) is 0 Å². The lowest BCUT2D eigenvalue weighted by Gasteiger charge is -2.26. The van der Waals surface area contributed by atoms with Crippen molar-refractivity contribution >= 4 is 5.91 Å². The van der Waals surface area contributed by atoms with E-state index in [4.69, 9.17) is 0 Å². The number of likely N-dealkylation sites (N-methyl/N-ethyl adjacent to an activating group) is 1. The third kappa shape index (κ3) is 1.81. The second-order valence-corrected chi connectivity index (χ2v) is 4.05. The van der Waals surface area contributed by atoms with Gasteiger partial charge in [0.1, 0.15) is 5.69 Å². The number of aliphatic hydroxyl groups excluding tert-OH is 1. The number of aryl methyl sites for hydroxylation is 1. The van der Waals surface area contributed by atoms with Crippen LogP contribution in [0.5, 0.6) is 0 Å². The van der Waals surface area contributed by atoms with Crippen LogP contribution in [-0.2, 0) is 7.05 Å². The molecule has 0 unspecified atom stereocenters. The van der Waals surface area contributed by atoms with Crippen molar-refractivity contribution in [3.63, 3.8) is 0 Å². The minimum atomic E-state index is -0.498. The van der Waals surface area contributed by atoms with Crippen molar-refractivity contribution in [2.75, 3.05) is 20.1 Å². The van der Waals surface area contributed by atoms with E-state index in [1.807, 2.05) is 0 Å². The molecule has 1 aromatic rings. The molecule has 6 nitrogen and oxygen atoms in total. The van der Waals surface area contributed by atoms with Gasteiger partial charge in [-0.05, 0) is 6.07 Å². The summed E-state index contributed by atoms with van der Waals surface area (Å²) in [7, 11) is 3.43. The number of carbonyl (C=O) groups is 1. The minimum Gasteiger partial charge on any atom is -0.390 e. The molecule has 1 saturated heterocycles. The zero-order valence-corrected chi connectivity index (χ0v) is 9.42. The average molecular weight is 224 g/mol. The van der Waals surface area contributed by atoms with Crippen molar-refractivity contribution in [2.45, 2.75) is 12.1 Å². The molecule has 0 aromatic carbocycles. The molecule has 1 fully saturated rings. The van der Waals surface area contributed by atoms with Crippen LogP contribution >= 0.6 is 0 Å². The van der Waals surface area contributed by atoms with Gasteiger partial charge in [0, 0.05) is 33.4 Å². The van der Waals surface area contributed by atoms with Crippen molar-refractivity contribution < 1.29 is 9.90 Å². The van der Waals surface area contributed by atoms with E-state index in [1.54, 1.807) is 31.3 Å². The summed E-state index contributed by atoms with van der Waals surface area (Å²) in [5.41, 5.74) is 0.529. The number of rotatable bonds is 2. The smallest absolute Gasteiger partial charge is 0.272 e. The molecule has 0 spiro atoms. The van der Waals surface area contributed by atoms with Crippen LogP contribution in [0.4, 0.5) is 0 Å². The first-order valence-electron chi connectivity index (χ1n) is 5.25. The van der Waals surface area contributed by atoms with Crippen LogP contribution in [-0.4, -0.2) is 58.0 Å². The number of aromatic nitrogens is 2. The summed E-state index contributed by atoms with van der Waals surface area (Å²) in [4.78, 5) is 13.7. The van der Waals surface area contributed by atoms with Crippen molar-refractivity contribution in [3.8, 4) is 0 Å². The molecule has 1 amide bonds. The summed E-state index contributed by atoms with van der Waals surface area (Å²) >= 11 is 0. The van der Waals surface area contributed by atoms with Gasteiger partial charge in [0.05, 0.1) is 12.1 Å². The van der Waals surface area contributed by atoms with Crippen LogP contribution < -0.4 is 5.32 Å². The number of amides is 1. The molecule has 0 aliphatic carbocycles. The largest absolute Gasteiger partial charge is 0.390 e. The lowest BCUT2D eigenvalue weighted by Crippen LogP contribution is -2.44. The van der Waals surface area contributed by atoms with Gasteiger partial charge in [0.15, 0.2) is 0 Å². The summed E-state index contributed by atoms with van der Waals surface area (Å²) in [6.07, 6.45) is 1.09. The van der Waals surface area contributed by atoms with Crippen LogP contribution in [0.25, 0.3) is 0 Å². The molecule has 88 valence electrons. The number of aliphatic hydroxyl groups is 1. The van der Waals surface area contributed by atoms with Crippen molar-refractivity contribution in [2.24, 2.45) is 7.05 Å². The van der Waals surface area contributed by atoms with E-state index in [9.17, 15) is 9.90 Å². The summed E-state index contributed by atoms with van der Waals surface area (Å²) < 4.78 is 1.54. The molecule has 0 saturated carbocycles. The Balaban J connectivity index is 2.13. The van der Waals surface area contributed by atoms with Crippen molar-refractivity contribution in [1.82, 2.24) is 20.0 Å². The molecule has 2 rings (SSSR count). The average Bonchev–Trinajstić information content (AvgIpc) is 2.85. The van der Waals surface area contributed by atoms with Crippen molar-refractivity contribution in [3.05, 3.63) is 18.0 Å². The fourth-order valence-corrected chi connectivity index (χ4v) is 1.96. The third-order valence-electron chi connectivity index (χ3n) is 3.01. The van der Waals surface area contributed by atoms with Crippen molar-refractivity contribution in [1.29, 1.82) is 0 Å². The van der Waals surface area contributed by atoms with Gasteiger partial charge in [-0.15, -0.1) is 0 Å². The number of hydrogen-bond donors (Lipinski definition) is 2. The number of nitrogens with zero attached hydrogens (tertiary/aromatic N) is 3. The Bertz CT molecular complexity index is 390. The highest BCUT2D eigenvalue weighted by Gasteiger charge is 2.32. The monoisotopic (exact) mass is 224 g/mol. The fourth-order valence-electron chi connectivity index (χ4n) is 1.96. The Morgan fingerprint density at radius 3 is 2.94 bits per heavy atom. The van der Waals surface area contributed by atoms with E-state index in [0.29, 0.717) is 18.8 Å². The molecule has 2 heterocycles. The summed E-state index contributed by atoms with van der Waals surface area (Å²) in [5, 5.41) is 16.7. The topological polar surface area (TPSA) is 70.4 Å². The van der Waals surface area contributed by atoms with E-state index in [-0.39, 0.29) is 11.9 Å². The molecule has 6 heteroatoms. The maximum absolute atomic E-state index is 12.1. The SMILES string of the molecule is CN(C(=O)c1ccnn1C)[C@H]1CNC[C@@H]1O. The quantitative estimate of drug-likeness (QED) is 0.664. The first-order chi connectivity index (χ1) is 7.61. The predicted octanol–water partition coefficient (Wildman–Crippen LogP) is -1.18. The van der Waals surface area contributed by atoms with Crippen LogP contribution in [0.15, 0.2) is 12.3 Å². The van der Waals surface area contributed by atoms with E-state index >= 15 is 0 Å². The maximum Gasteiger partial charge on any atom is 0.272 e. The molecule has 0 bridgehead atoms. The molecule has 0 radical (unpaired) electrons. The number of β-amino-alcohol motifs (C(OH)–C–C–N with tert-alkyl or cyclic N) is 1. The standard InChI is InChI=1S/C10H16N4O2/c1-13(8-5-11-6-9(8)15)10(16)7-3-4-12-14(7)2/h3-4,8-9,11,15H,5-6H2,1-2H3/t8-,9-/m0/s1.